The van der Waals surface area contributed by atoms with Gasteiger partial charge in [-0.25, -0.2) is 4.79 Å². The van der Waals surface area contributed by atoms with E-state index in [1.165, 1.54) is 19.3 Å². The average molecular weight is 270 g/mol. The number of amides is 1. The number of hydrogen-bond acceptors (Lipinski definition) is 3. The van der Waals surface area contributed by atoms with Crippen LogP contribution in [0.5, 0.6) is 0 Å². The van der Waals surface area contributed by atoms with Crippen molar-refractivity contribution < 1.29 is 9.53 Å². The first-order valence-electron chi connectivity index (χ1n) is 7.55. The molecule has 1 fully saturated rings. The van der Waals surface area contributed by atoms with Crippen LogP contribution >= 0.6 is 0 Å². The molecule has 1 saturated carbocycles. The average Bonchev–Trinajstić information content (AvgIpc) is 2.29. The fourth-order valence-corrected chi connectivity index (χ4v) is 2.73. The summed E-state index contributed by atoms with van der Waals surface area (Å²) in [6.07, 6.45) is 5.42. The Kier molecular flexibility index (Phi) is 6.11. The standard InChI is InChI=1S/C15H30N2O2/c1-12-8-5-6-9-13(12)17(11-7-10-16)14(18)19-15(2,3)4/h12-13H,5-11,16H2,1-4H3/t12-,13-/m0/s1. The Morgan fingerprint density at radius 1 is 1.32 bits per heavy atom. The van der Waals surface area contributed by atoms with Crippen molar-refractivity contribution >= 4 is 6.09 Å². The molecule has 0 aliphatic heterocycles. The van der Waals surface area contributed by atoms with E-state index in [0.29, 0.717) is 25.0 Å². The Morgan fingerprint density at radius 3 is 2.47 bits per heavy atom. The van der Waals surface area contributed by atoms with Crippen LogP contribution in [0.1, 0.15) is 59.8 Å². The predicted octanol–water partition coefficient (Wildman–Crippen LogP) is 3.15. The molecule has 2 atom stereocenters. The van der Waals surface area contributed by atoms with Gasteiger partial charge < -0.3 is 15.4 Å². The van der Waals surface area contributed by atoms with Gasteiger partial charge in [-0.15, -0.1) is 0 Å². The maximum atomic E-state index is 12.4. The van der Waals surface area contributed by atoms with E-state index in [2.05, 4.69) is 6.92 Å². The zero-order chi connectivity index (χ0) is 14.5. The van der Waals surface area contributed by atoms with Gasteiger partial charge in [0, 0.05) is 12.6 Å². The summed E-state index contributed by atoms with van der Waals surface area (Å²) in [6.45, 7) is 9.30. The Bertz CT molecular complexity index is 286. The van der Waals surface area contributed by atoms with Crippen LogP contribution in [0.15, 0.2) is 0 Å². The van der Waals surface area contributed by atoms with E-state index in [9.17, 15) is 4.79 Å². The predicted molar refractivity (Wildman–Crippen MR) is 78.0 cm³/mol. The first-order valence-corrected chi connectivity index (χ1v) is 7.55. The molecule has 1 aliphatic rings. The quantitative estimate of drug-likeness (QED) is 0.853. The molecule has 4 nitrogen and oxygen atoms in total. The minimum atomic E-state index is -0.435. The summed E-state index contributed by atoms with van der Waals surface area (Å²) in [5, 5.41) is 0. The summed E-state index contributed by atoms with van der Waals surface area (Å²) in [5.74, 6) is 0.555. The van der Waals surface area contributed by atoms with Gasteiger partial charge in [0.2, 0.25) is 0 Å². The molecule has 0 radical (unpaired) electrons. The zero-order valence-electron chi connectivity index (χ0n) is 12.9. The fraction of sp³-hybridized carbons (Fsp3) is 0.933. The van der Waals surface area contributed by atoms with E-state index in [0.717, 1.165) is 12.8 Å². The summed E-state index contributed by atoms with van der Waals surface area (Å²) in [5.41, 5.74) is 5.16. The van der Waals surface area contributed by atoms with Crippen LogP contribution < -0.4 is 5.73 Å². The Labute approximate surface area is 117 Å². The van der Waals surface area contributed by atoms with E-state index in [4.69, 9.17) is 10.5 Å². The second kappa shape index (κ2) is 7.13. The van der Waals surface area contributed by atoms with Gasteiger partial charge in [0.25, 0.3) is 0 Å². The molecule has 4 heteroatoms. The van der Waals surface area contributed by atoms with Crippen LogP contribution in [0.25, 0.3) is 0 Å². The van der Waals surface area contributed by atoms with Crippen LogP contribution in [-0.2, 0) is 4.74 Å². The third-order valence-electron chi connectivity index (χ3n) is 3.70. The second-order valence-electron chi connectivity index (χ2n) is 6.65. The molecule has 0 heterocycles. The number of carbonyl (C=O) groups excluding carboxylic acids is 1. The topological polar surface area (TPSA) is 55.6 Å². The molecule has 0 aromatic carbocycles. The largest absolute Gasteiger partial charge is 0.444 e. The third-order valence-corrected chi connectivity index (χ3v) is 3.70. The highest BCUT2D eigenvalue weighted by molar-refractivity contribution is 5.68. The van der Waals surface area contributed by atoms with Crippen molar-refractivity contribution in [2.24, 2.45) is 11.7 Å². The molecule has 0 saturated heterocycles. The molecule has 19 heavy (non-hydrogen) atoms. The Hall–Kier alpha value is -0.770. The van der Waals surface area contributed by atoms with E-state index >= 15 is 0 Å². The lowest BCUT2D eigenvalue weighted by atomic mass is 9.85. The van der Waals surface area contributed by atoms with E-state index in [1.54, 1.807) is 0 Å². The van der Waals surface area contributed by atoms with Crippen molar-refractivity contribution in [1.82, 2.24) is 4.90 Å². The van der Waals surface area contributed by atoms with Crippen molar-refractivity contribution in [2.75, 3.05) is 13.1 Å². The van der Waals surface area contributed by atoms with Crippen molar-refractivity contribution in [1.29, 1.82) is 0 Å². The third kappa shape index (κ3) is 5.39. The lowest BCUT2D eigenvalue weighted by Crippen LogP contribution is -2.48. The fourth-order valence-electron chi connectivity index (χ4n) is 2.73. The van der Waals surface area contributed by atoms with Crippen LogP contribution in [0, 0.1) is 5.92 Å². The summed E-state index contributed by atoms with van der Waals surface area (Å²) in [7, 11) is 0. The zero-order valence-corrected chi connectivity index (χ0v) is 12.9. The summed E-state index contributed by atoms with van der Waals surface area (Å²) >= 11 is 0. The van der Waals surface area contributed by atoms with Crippen molar-refractivity contribution in [3.63, 3.8) is 0 Å². The van der Waals surface area contributed by atoms with Crippen molar-refractivity contribution in [3.05, 3.63) is 0 Å². The van der Waals surface area contributed by atoms with Gasteiger partial charge in [-0.3, -0.25) is 0 Å². The highest BCUT2D eigenvalue weighted by Gasteiger charge is 2.32. The minimum Gasteiger partial charge on any atom is -0.444 e. The van der Waals surface area contributed by atoms with Gasteiger partial charge in [-0.05, 0) is 52.5 Å². The molecule has 0 spiro atoms. The molecule has 1 aliphatic carbocycles. The molecule has 2 N–H and O–H groups in total. The number of rotatable bonds is 4. The number of nitrogens with zero attached hydrogens (tertiary/aromatic N) is 1. The van der Waals surface area contributed by atoms with Crippen LogP contribution in [0.2, 0.25) is 0 Å². The summed E-state index contributed by atoms with van der Waals surface area (Å²) in [6, 6.07) is 0.315. The lowest BCUT2D eigenvalue weighted by Gasteiger charge is -2.39. The number of nitrogens with two attached hydrogens (primary N) is 1. The number of ether oxygens (including phenoxy) is 1. The van der Waals surface area contributed by atoms with Crippen LogP contribution in [0.3, 0.4) is 0 Å². The monoisotopic (exact) mass is 270 g/mol. The highest BCUT2D eigenvalue weighted by Crippen LogP contribution is 2.29. The van der Waals surface area contributed by atoms with E-state index < -0.39 is 5.60 Å². The summed E-state index contributed by atoms with van der Waals surface area (Å²) in [4.78, 5) is 14.3. The summed E-state index contributed by atoms with van der Waals surface area (Å²) < 4.78 is 5.54. The van der Waals surface area contributed by atoms with Crippen molar-refractivity contribution in [2.45, 2.75) is 71.4 Å². The molecular weight excluding hydrogens is 240 g/mol. The SMILES string of the molecule is C[C@H]1CCCC[C@@H]1N(CCCN)C(=O)OC(C)(C)C. The molecule has 0 aromatic rings. The van der Waals surface area contributed by atoms with Gasteiger partial charge in [0.1, 0.15) is 5.60 Å². The molecule has 0 bridgehead atoms. The lowest BCUT2D eigenvalue weighted by molar-refractivity contribution is 0.00519. The molecule has 1 rings (SSSR count). The molecule has 0 unspecified atom stereocenters. The number of hydrogen-bond donors (Lipinski definition) is 1. The van der Waals surface area contributed by atoms with Gasteiger partial charge in [-0.2, -0.15) is 0 Å². The maximum Gasteiger partial charge on any atom is 0.410 e. The molecule has 1 amide bonds. The molecular formula is C15H30N2O2. The molecule has 112 valence electrons. The van der Waals surface area contributed by atoms with Gasteiger partial charge >= 0.3 is 6.09 Å². The normalized spacial score (nSPS) is 24.1. The second-order valence-corrected chi connectivity index (χ2v) is 6.65. The number of carbonyl (C=O) groups is 1. The van der Waals surface area contributed by atoms with Crippen LogP contribution in [0.4, 0.5) is 4.79 Å². The Balaban J connectivity index is 2.72. The van der Waals surface area contributed by atoms with E-state index in [-0.39, 0.29) is 6.09 Å². The highest BCUT2D eigenvalue weighted by atomic mass is 16.6. The Morgan fingerprint density at radius 2 is 1.95 bits per heavy atom. The van der Waals surface area contributed by atoms with Crippen molar-refractivity contribution in [3.8, 4) is 0 Å². The molecule has 0 aromatic heterocycles. The minimum absolute atomic E-state index is 0.181. The first-order chi connectivity index (χ1) is 8.85. The first kappa shape index (κ1) is 16.3. The van der Waals surface area contributed by atoms with Gasteiger partial charge in [0.05, 0.1) is 0 Å². The van der Waals surface area contributed by atoms with Gasteiger partial charge in [-0.1, -0.05) is 19.8 Å². The maximum absolute atomic E-state index is 12.4. The smallest absolute Gasteiger partial charge is 0.410 e. The van der Waals surface area contributed by atoms with Crippen LogP contribution in [-0.4, -0.2) is 35.7 Å². The van der Waals surface area contributed by atoms with Gasteiger partial charge in [0.15, 0.2) is 0 Å². The van der Waals surface area contributed by atoms with E-state index in [1.807, 2.05) is 25.7 Å².